The molecule has 0 aromatic carbocycles. The Labute approximate surface area is 109 Å². The molecule has 96 valence electrons. The zero-order chi connectivity index (χ0) is 13.3. The highest BCUT2D eigenvalue weighted by Crippen LogP contribution is 2.34. The van der Waals surface area contributed by atoms with E-state index in [-0.39, 0.29) is 0 Å². The van der Waals surface area contributed by atoms with Crippen molar-refractivity contribution < 1.29 is 0 Å². The van der Waals surface area contributed by atoms with E-state index in [2.05, 4.69) is 29.8 Å². The normalized spacial score (nSPS) is 14.7. The van der Waals surface area contributed by atoms with Gasteiger partial charge < -0.3 is 4.90 Å². The van der Waals surface area contributed by atoms with E-state index in [9.17, 15) is 5.26 Å². The van der Waals surface area contributed by atoms with Crippen molar-refractivity contribution in [3.8, 4) is 6.07 Å². The molecule has 0 aliphatic heterocycles. The Hall–Kier alpha value is -1.56. The van der Waals surface area contributed by atoms with Crippen molar-refractivity contribution in [3.63, 3.8) is 0 Å². The third kappa shape index (κ3) is 2.64. The molecule has 0 N–H and O–H groups in total. The number of nitriles is 1. The molecule has 1 heterocycles. The number of hydrogen-bond acceptors (Lipinski definition) is 3. The predicted octanol–water partition coefficient (Wildman–Crippen LogP) is 3.19. The molecule has 0 spiro atoms. The van der Waals surface area contributed by atoms with Gasteiger partial charge in [-0.2, -0.15) is 5.26 Å². The molecule has 0 radical (unpaired) electrons. The molecule has 0 bridgehead atoms. The second-order valence-corrected chi connectivity index (χ2v) is 5.54. The Morgan fingerprint density at radius 3 is 2.61 bits per heavy atom. The second-order valence-electron chi connectivity index (χ2n) is 5.54. The number of aryl methyl sites for hydroxylation is 2. The molecule has 1 aromatic heterocycles. The minimum absolute atomic E-state index is 0.416. The van der Waals surface area contributed by atoms with Gasteiger partial charge >= 0.3 is 0 Å². The van der Waals surface area contributed by atoms with Crippen LogP contribution in [0.15, 0.2) is 6.07 Å². The van der Waals surface area contributed by atoms with Crippen molar-refractivity contribution >= 4 is 5.69 Å². The second kappa shape index (κ2) is 4.97. The Bertz CT molecular complexity index is 481. The monoisotopic (exact) mass is 243 g/mol. The van der Waals surface area contributed by atoms with Crippen LogP contribution in [-0.2, 0) is 0 Å². The van der Waals surface area contributed by atoms with Gasteiger partial charge in [0, 0.05) is 18.3 Å². The molecule has 3 nitrogen and oxygen atoms in total. The number of anilines is 1. The number of hydrogen-bond donors (Lipinski definition) is 0. The molecular formula is C15H21N3. The average molecular weight is 243 g/mol. The van der Waals surface area contributed by atoms with E-state index in [1.807, 2.05) is 19.9 Å². The molecule has 1 aliphatic rings. The van der Waals surface area contributed by atoms with Crippen molar-refractivity contribution in [2.24, 2.45) is 5.92 Å². The topological polar surface area (TPSA) is 39.9 Å². The van der Waals surface area contributed by atoms with Crippen molar-refractivity contribution in [1.82, 2.24) is 4.98 Å². The van der Waals surface area contributed by atoms with Crippen LogP contribution in [0.2, 0.25) is 0 Å². The SMILES string of the molecule is Cc1cc(N(CC2CC2)C(C)C)c(C#N)c(C)n1. The van der Waals surface area contributed by atoms with E-state index in [1.54, 1.807) is 0 Å². The van der Waals surface area contributed by atoms with E-state index in [1.165, 1.54) is 12.8 Å². The van der Waals surface area contributed by atoms with Crippen molar-refractivity contribution in [2.75, 3.05) is 11.4 Å². The molecule has 18 heavy (non-hydrogen) atoms. The fraction of sp³-hybridized carbons (Fsp3) is 0.600. The first-order chi connectivity index (χ1) is 8.52. The van der Waals surface area contributed by atoms with Crippen molar-refractivity contribution in [3.05, 3.63) is 23.0 Å². The highest BCUT2D eigenvalue weighted by molar-refractivity contribution is 5.62. The Morgan fingerprint density at radius 1 is 1.44 bits per heavy atom. The number of nitrogens with zero attached hydrogens (tertiary/aromatic N) is 3. The molecule has 0 saturated heterocycles. The molecule has 1 saturated carbocycles. The summed E-state index contributed by atoms with van der Waals surface area (Å²) in [5, 5.41) is 9.35. The van der Waals surface area contributed by atoms with Gasteiger partial charge in [-0.15, -0.1) is 0 Å². The Kier molecular flexibility index (Phi) is 3.56. The Balaban J connectivity index is 2.42. The highest BCUT2D eigenvalue weighted by Gasteiger charge is 2.27. The molecule has 0 amide bonds. The van der Waals surface area contributed by atoms with Crippen LogP contribution < -0.4 is 4.90 Å². The van der Waals surface area contributed by atoms with E-state index in [0.717, 1.165) is 35.1 Å². The van der Waals surface area contributed by atoms with Crippen LogP contribution in [0.3, 0.4) is 0 Å². The van der Waals surface area contributed by atoms with Crippen LogP contribution >= 0.6 is 0 Å². The average Bonchev–Trinajstić information content (AvgIpc) is 3.08. The maximum Gasteiger partial charge on any atom is 0.103 e. The van der Waals surface area contributed by atoms with Gasteiger partial charge in [0.2, 0.25) is 0 Å². The number of pyridine rings is 1. The highest BCUT2D eigenvalue weighted by atomic mass is 15.2. The van der Waals surface area contributed by atoms with Crippen molar-refractivity contribution in [2.45, 2.75) is 46.6 Å². The zero-order valence-corrected chi connectivity index (χ0v) is 11.7. The molecule has 2 rings (SSSR count). The van der Waals surface area contributed by atoms with Gasteiger partial charge in [0.1, 0.15) is 6.07 Å². The molecule has 1 aromatic rings. The van der Waals surface area contributed by atoms with Gasteiger partial charge in [0.05, 0.1) is 16.9 Å². The first-order valence-electron chi connectivity index (χ1n) is 6.68. The lowest BCUT2D eigenvalue weighted by molar-refractivity contribution is 0.643. The van der Waals surface area contributed by atoms with Crippen LogP contribution in [-0.4, -0.2) is 17.6 Å². The summed E-state index contributed by atoms with van der Waals surface area (Å²) in [6.45, 7) is 9.36. The first-order valence-corrected chi connectivity index (χ1v) is 6.68. The van der Waals surface area contributed by atoms with Crippen LogP contribution in [0, 0.1) is 31.1 Å². The van der Waals surface area contributed by atoms with Gasteiger partial charge in [-0.05, 0) is 52.5 Å². The zero-order valence-electron chi connectivity index (χ0n) is 11.7. The summed E-state index contributed by atoms with van der Waals surface area (Å²) in [5.74, 6) is 0.813. The largest absolute Gasteiger partial charge is 0.368 e. The summed E-state index contributed by atoms with van der Waals surface area (Å²) in [6, 6.07) is 4.78. The van der Waals surface area contributed by atoms with Crippen LogP contribution in [0.1, 0.15) is 43.6 Å². The molecule has 0 unspecified atom stereocenters. The van der Waals surface area contributed by atoms with Gasteiger partial charge in [-0.25, -0.2) is 0 Å². The van der Waals surface area contributed by atoms with Gasteiger partial charge in [0.25, 0.3) is 0 Å². The maximum atomic E-state index is 9.35. The lowest BCUT2D eigenvalue weighted by atomic mass is 10.1. The molecule has 0 atom stereocenters. The van der Waals surface area contributed by atoms with Gasteiger partial charge in [-0.3, -0.25) is 4.98 Å². The molecule has 1 fully saturated rings. The summed E-state index contributed by atoms with van der Waals surface area (Å²) in [7, 11) is 0. The third-order valence-electron chi connectivity index (χ3n) is 3.50. The smallest absolute Gasteiger partial charge is 0.103 e. The lowest BCUT2D eigenvalue weighted by Crippen LogP contribution is -2.33. The fourth-order valence-electron chi connectivity index (χ4n) is 2.34. The minimum Gasteiger partial charge on any atom is -0.368 e. The Morgan fingerprint density at radius 2 is 2.11 bits per heavy atom. The summed E-state index contributed by atoms with van der Waals surface area (Å²) in [6.07, 6.45) is 2.66. The first kappa shape index (κ1) is 12.9. The van der Waals surface area contributed by atoms with Gasteiger partial charge in [-0.1, -0.05) is 0 Å². The van der Waals surface area contributed by atoms with E-state index in [0.29, 0.717) is 6.04 Å². The summed E-state index contributed by atoms with van der Waals surface area (Å²) < 4.78 is 0. The summed E-state index contributed by atoms with van der Waals surface area (Å²) >= 11 is 0. The number of aromatic nitrogens is 1. The molecule has 3 heteroatoms. The van der Waals surface area contributed by atoms with Crippen molar-refractivity contribution in [1.29, 1.82) is 5.26 Å². The summed E-state index contributed by atoms with van der Waals surface area (Å²) in [4.78, 5) is 6.75. The standard InChI is InChI=1S/C15H21N3/c1-10(2)18(9-13-5-6-13)15-7-11(3)17-12(4)14(15)8-16/h7,10,13H,5-6,9H2,1-4H3. The third-order valence-corrected chi connectivity index (χ3v) is 3.50. The van der Waals surface area contributed by atoms with E-state index >= 15 is 0 Å². The predicted molar refractivity (Wildman–Crippen MR) is 73.6 cm³/mol. The van der Waals surface area contributed by atoms with Gasteiger partial charge in [0.15, 0.2) is 0 Å². The molecular weight excluding hydrogens is 222 g/mol. The quantitative estimate of drug-likeness (QED) is 0.815. The number of rotatable bonds is 4. The maximum absolute atomic E-state index is 9.35. The minimum atomic E-state index is 0.416. The van der Waals surface area contributed by atoms with Crippen LogP contribution in [0.25, 0.3) is 0 Å². The van der Waals surface area contributed by atoms with E-state index < -0.39 is 0 Å². The van der Waals surface area contributed by atoms with E-state index in [4.69, 9.17) is 0 Å². The summed E-state index contributed by atoms with van der Waals surface area (Å²) in [5.41, 5.74) is 3.62. The lowest BCUT2D eigenvalue weighted by Gasteiger charge is -2.30. The molecule has 1 aliphatic carbocycles. The fourth-order valence-corrected chi connectivity index (χ4v) is 2.34. The van der Waals surface area contributed by atoms with Crippen LogP contribution in [0.4, 0.5) is 5.69 Å². The van der Waals surface area contributed by atoms with Crippen LogP contribution in [0.5, 0.6) is 0 Å².